The molecule has 0 unspecified atom stereocenters. The van der Waals surface area contributed by atoms with Crippen molar-refractivity contribution in [3.8, 4) is 0 Å². The Morgan fingerprint density at radius 1 is 1.28 bits per heavy atom. The summed E-state index contributed by atoms with van der Waals surface area (Å²) >= 11 is 0. The van der Waals surface area contributed by atoms with E-state index in [1.807, 2.05) is 0 Å². The van der Waals surface area contributed by atoms with E-state index in [4.69, 9.17) is 9.47 Å². The summed E-state index contributed by atoms with van der Waals surface area (Å²) in [6.45, 7) is 4.50. The SMILES string of the molecule is CCOC1CC(NCc2cccc(COC)c2)C1. The Hall–Kier alpha value is -0.900. The molecule has 0 heterocycles. The summed E-state index contributed by atoms with van der Waals surface area (Å²) in [5, 5.41) is 3.57. The quantitative estimate of drug-likeness (QED) is 0.805. The lowest BCUT2D eigenvalue weighted by Crippen LogP contribution is -2.45. The molecule has 3 heteroatoms. The molecule has 1 fully saturated rings. The van der Waals surface area contributed by atoms with Crippen LogP contribution in [-0.4, -0.2) is 25.9 Å². The summed E-state index contributed by atoms with van der Waals surface area (Å²) in [5.41, 5.74) is 2.56. The van der Waals surface area contributed by atoms with Crippen LogP contribution < -0.4 is 5.32 Å². The van der Waals surface area contributed by atoms with E-state index in [0.717, 1.165) is 26.0 Å². The highest BCUT2D eigenvalue weighted by Gasteiger charge is 2.28. The van der Waals surface area contributed by atoms with Crippen LogP contribution >= 0.6 is 0 Å². The fourth-order valence-corrected chi connectivity index (χ4v) is 2.36. The van der Waals surface area contributed by atoms with E-state index < -0.39 is 0 Å². The van der Waals surface area contributed by atoms with E-state index in [1.165, 1.54) is 11.1 Å². The van der Waals surface area contributed by atoms with Gasteiger partial charge in [-0.3, -0.25) is 0 Å². The normalized spacial score (nSPS) is 22.8. The predicted octanol–water partition coefficient (Wildman–Crippen LogP) is 2.49. The van der Waals surface area contributed by atoms with E-state index in [2.05, 4.69) is 36.5 Å². The van der Waals surface area contributed by atoms with Crippen molar-refractivity contribution in [1.82, 2.24) is 5.32 Å². The molecule has 0 radical (unpaired) electrons. The van der Waals surface area contributed by atoms with Crippen LogP contribution in [0.3, 0.4) is 0 Å². The van der Waals surface area contributed by atoms with Crippen LogP contribution in [-0.2, 0) is 22.6 Å². The third-order valence-corrected chi connectivity index (χ3v) is 3.39. The van der Waals surface area contributed by atoms with Gasteiger partial charge in [-0.2, -0.15) is 0 Å². The zero-order valence-electron chi connectivity index (χ0n) is 11.3. The van der Waals surface area contributed by atoms with Gasteiger partial charge in [0.2, 0.25) is 0 Å². The Labute approximate surface area is 109 Å². The molecule has 1 N–H and O–H groups in total. The molecular formula is C15H23NO2. The summed E-state index contributed by atoms with van der Waals surface area (Å²) in [6.07, 6.45) is 2.77. The van der Waals surface area contributed by atoms with Crippen LogP contribution in [0.1, 0.15) is 30.9 Å². The molecule has 1 aromatic rings. The van der Waals surface area contributed by atoms with E-state index in [1.54, 1.807) is 7.11 Å². The Morgan fingerprint density at radius 2 is 2.06 bits per heavy atom. The highest BCUT2D eigenvalue weighted by molar-refractivity contribution is 5.23. The van der Waals surface area contributed by atoms with Crippen molar-refractivity contribution in [3.05, 3.63) is 35.4 Å². The topological polar surface area (TPSA) is 30.5 Å². The fourth-order valence-electron chi connectivity index (χ4n) is 2.36. The maximum absolute atomic E-state index is 5.55. The van der Waals surface area contributed by atoms with Crippen molar-refractivity contribution in [2.75, 3.05) is 13.7 Å². The maximum Gasteiger partial charge on any atom is 0.0713 e. The summed E-state index contributed by atoms with van der Waals surface area (Å²) in [4.78, 5) is 0. The predicted molar refractivity (Wildman–Crippen MR) is 72.4 cm³/mol. The Bertz CT molecular complexity index is 361. The number of ether oxygens (including phenoxy) is 2. The van der Waals surface area contributed by atoms with E-state index in [-0.39, 0.29) is 0 Å². The second-order valence-corrected chi connectivity index (χ2v) is 4.88. The Balaban J connectivity index is 1.72. The minimum atomic E-state index is 0.479. The summed E-state index contributed by atoms with van der Waals surface area (Å²) < 4.78 is 10.7. The minimum Gasteiger partial charge on any atom is -0.380 e. The van der Waals surface area contributed by atoms with Crippen molar-refractivity contribution in [2.45, 2.75) is 45.1 Å². The maximum atomic E-state index is 5.55. The van der Waals surface area contributed by atoms with E-state index >= 15 is 0 Å². The molecule has 1 aliphatic rings. The molecule has 0 spiro atoms. The van der Waals surface area contributed by atoms with Gasteiger partial charge in [0.25, 0.3) is 0 Å². The standard InChI is InChI=1S/C15H23NO2/c1-3-18-15-8-14(9-15)16-10-12-5-4-6-13(7-12)11-17-2/h4-7,14-16H,3,8-11H2,1-2H3. The summed E-state index contributed by atoms with van der Waals surface area (Å²) in [5.74, 6) is 0. The van der Waals surface area contributed by atoms with Gasteiger partial charge in [0.1, 0.15) is 0 Å². The lowest BCUT2D eigenvalue weighted by molar-refractivity contribution is -0.0102. The van der Waals surface area contributed by atoms with Crippen molar-refractivity contribution in [2.24, 2.45) is 0 Å². The molecule has 1 saturated carbocycles. The molecule has 0 atom stereocenters. The van der Waals surface area contributed by atoms with Gasteiger partial charge in [-0.1, -0.05) is 24.3 Å². The lowest BCUT2D eigenvalue weighted by atomic mass is 9.89. The third kappa shape index (κ3) is 3.80. The molecular weight excluding hydrogens is 226 g/mol. The molecule has 1 aliphatic carbocycles. The van der Waals surface area contributed by atoms with Crippen molar-refractivity contribution in [3.63, 3.8) is 0 Å². The molecule has 3 nitrogen and oxygen atoms in total. The van der Waals surface area contributed by atoms with Crippen LogP contribution in [0, 0.1) is 0 Å². The van der Waals surface area contributed by atoms with Gasteiger partial charge in [-0.05, 0) is 30.9 Å². The number of nitrogens with one attached hydrogen (secondary N) is 1. The van der Waals surface area contributed by atoms with Gasteiger partial charge in [0.05, 0.1) is 12.7 Å². The second-order valence-electron chi connectivity index (χ2n) is 4.88. The van der Waals surface area contributed by atoms with Crippen LogP contribution in [0.2, 0.25) is 0 Å². The van der Waals surface area contributed by atoms with Gasteiger partial charge >= 0.3 is 0 Å². The molecule has 100 valence electrons. The monoisotopic (exact) mass is 249 g/mol. The number of rotatable bonds is 7. The average Bonchev–Trinajstić information content (AvgIpc) is 2.33. The van der Waals surface area contributed by atoms with Gasteiger partial charge in [0.15, 0.2) is 0 Å². The highest BCUT2D eigenvalue weighted by atomic mass is 16.5. The highest BCUT2D eigenvalue weighted by Crippen LogP contribution is 2.23. The molecule has 0 bridgehead atoms. The minimum absolute atomic E-state index is 0.479. The second kappa shape index (κ2) is 6.88. The van der Waals surface area contributed by atoms with Crippen molar-refractivity contribution in [1.29, 1.82) is 0 Å². The van der Waals surface area contributed by atoms with E-state index in [9.17, 15) is 0 Å². The van der Waals surface area contributed by atoms with Crippen LogP contribution in [0.4, 0.5) is 0 Å². The molecule has 0 aromatic heterocycles. The molecule has 2 rings (SSSR count). The number of hydrogen-bond acceptors (Lipinski definition) is 3. The first-order valence-electron chi connectivity index (χ1n) is 6.73. The molecule has 0 aliphatic heterocycles. The number of hydrogen-bond donors (Lipinski definition) is 1. The average molecular weight is 249 g/mol. The van der Waals surface area contributed by atoms with Crippen LogP contribution in [0.25, 0.3) is 0 Å². The Morgan fingerprint density at radius 3 is 2.78 bits per heavy atom. The molecule has 0 amide bonds. The van der Waals surface area contributed by atoms with Crippen molar-refractivity contribution >= 4 is 0 Å². The molecule has 0 saturated heterocycles. The molecule has 18 heavy (non-hydrogen) atoms. The van der Waals surface area contributed by atoms with Gasteiger partial charge in [-0.25, -0.2) is 0 Å². The van der Waals surface area contributed by atoms with Gasteiger partial charge < -0.3 is 14.8 Å². The largest absolute Gasteiger partial charge is 0.380 e. The smallest absolute Gasteiger partial charge is 0.0713 e. The zero-order valence-corrected chi connectivity index (χ0v) is 11.3. The summed E-state index contributed by atoms with van der Waals surface area (Å²) in [7, 11) is 1.73. The Kier molecular flexibility index (Phi) is 5.17. The van der Waals surface area contributed by atoms with E-state index in [0.29, 0.717) is 18.8 Å². The fraction of sp³-hybridized carbons (Fsp3) is 0.600. The van der Waals surface area contributed by atoms with Gasteiger partial charge in [0, 0.05) is 26.3 Å². The third-order valence-electron chi connectivity index (χ3n) is 3.39. The first-order chi connectivity index (χ1) is 8.81. The molecule has 1 aromatic carbocycles. The first kappa shape index (κ1) is 13.5. The lowest BCUT2D eigenvalue weighted by Gasteiger charge is -2.35. The van der Waals surface area contributed by atoms with Gasteiger partial charge in [-0.15, -0.1) is 0 Å². The zero-order chi connectivity index (χ0) is 12.8. The number of methoxy groups -OCH3 is 1. The van der Waals surface area contributed by atoms with Crippen LogP contribution in [0.5, 0.6) is 0 Å². The summed E-state index contributed by atoms with van der Waals surface area (Å²) in [6, 6.07) is 9.17. The first-order valence-corrected chi connectivity index (χ1v) is 6.73. The number of benzene rings is 1. The van der Waals surface area contributed by atoms with Crippen LogP contribution in [0.15, 0.2) is 24.3 Å². The van der Waals surface area contributed by atoms with Crippen molar-refractivity contribution < 1.29 is 9.47 Å².